The van der Waals surface area contributed by atoms with Gasteiger partial charge in [-0.2, -0.15) is 0 Å². The first-order valence-electron chi connectivity index (χ1n) is 7.86. The Morgan fingerprint density at radius 1 is 1.35 bits per heavy atom. The Morgan fingerprint density at radius 3 is 2.74 bits per heavy atom. The van der Waals surface area contributed by atoms with E-state index < -0.39 is 17.5 Å². The van der Waals surface area contributed by atoms with Gasteiger partial charge in [0.05, 0.1) is 24.5 Å². The first-order chi connectivity index (χ1) is 11.0. The molecule has 124 valence electrons. The van der Waals surface area contributed by atoms with Gasteiger partial charge in [-0.25, -0.2) is 4.39 Å². The summed E-state index contributed by atoms with van der Waals surface area (Å²) in [5.74, 6) is -1.21. The van der Waals surface area contributed by atoms with E-state index >= 15 is 0 Å². The molecule has 5 nitrogen and oxygen atoms in total. The quantitative estimate of drug-likeness (QED) is 0.899. The first-order valence-corrected chi connectivity index (χ1v) is 7.86. The van der Waals surface area contributed by atoms with E-state index in [0.717, 1.165) is 12.8 Å². The number of hydrogen-bond donors (Lipinski definition) is 1. The van der Waals surface area contributed by atoms with Crippen molar-refractivity contribution in [1.82, 2.24) is 4.90 Å². The maximum Gasteiger partial charge on any atom is 0.306 e. The summed E-state index contributed by atoms with van der Waals surface area (Å²) in [6, 6.07) is 6.54. The molecule has 0 radical (unpaired) electrons. The number of rotatable bonds is 5. The van der Waals surface area contributed by atoms with Gasteiger partial charge in [0.1, 0.15) is 5.82 Å². The molecule has 1 saturated heterocycles. The summed E-state index contributed by atoms with van der Waals surface area (Å²) in [7, 11) is 0. The number of aliphatic carboxylic acids is 1. The highest BCUT2D eigenvalue weighted by Gasteiger charge is 2.52. The van der Waals surface area contributed by atoms with Crippen molar-refractivity contribution in [1.29, 1.82) is 0 Å². The topological polar surface area (TPSA) is 66.8 Å². The third kappa shape index (κ3) is 3.52. The van der Waals surface area contributed by atoms with Crippen LogP contribution in [-0.4, -0.2) is 47.7 Å². The van der Waals surface area contributed by atoms with Crippen LogP contribution in [0.4, 0.5) is 4.39 Å². The highest BCUT2D eigenvalue weighted by Crippen LogP contribution is 2.50. The van der Waals surface area contributed by atoms with Gasteiger partial charge in [-0.3, -0.25) is 9.59 Å². The average Bonchev–Trinajstić information content (AvgIpc) is 3.29. The van der Waals surface area contributed by atoms with Crippen LogP contribution in [0.15, 0.2) is 24.3 Å². The number of nitrogens with zero attached hydrogens (tertiary/aromatic N) is 1. The number of hydrogen-bond acceptors (Lipinski definition) is 3. The van der Waals surface area contributed by atoms with Gasteiger partial charge in [-0.15, -0.1) is 0 Å². The standard InChI is InChI=1S/C17H20FNO4/c18-14-4-2-1-3-12(14)10-17(5-6-17)16(22)19-7-8-23-13(11-19)9-15(20)21/h1-4,13H,5-11H2,(H,20,21). The monoisotopic (exact) mass is 321 g/mol. The molecule has 2 fully saturated rings. The molecule has 1 amide bonds. The summed E-state index contributed by atoms with van der Waals surface area (Å²) in [4.78, 5) is 25.3. The molecule has 6 heteroatoms. The molecule has 0 bridgehead atoms. The van der Waals surface area contributed by atoms with Gasteiger partial charge in [0.2, 0.25) is 5.91 Å². The van der Waals surface area contributed by atoms with E-state index in [-0.39, 0.29) is 18.1 Å². The van der Waals surface area contributed by atoms with Crippen molar-refractivity contribution in [3.05, 3.63) is 35.6 Å². The van der Waals surface area contributed by atoms with Crippen LogP contribution in [0.5, 0.6) is 0 Å². The maximum atomic E-state index is 13.8. The maximum absolute atomic E-state index is 13.8. The van der Waals surface area contributed by atoms with E-state index in [9.17, 15) is 14.0 Å². The molecule has 1 aliphatic carbocycles. The van der Waals surface area contributed by atoms with Gasteiger partial charge < -0.3 is 14.7 Å². The second-order valence-corrected chi connectivity index (χ2v) is 6.39. The lowest BCUT2D eigenvalue weighted by atomic mass is 9.94. The molecular weight excluding hydrogens is 301 g/mol. The lowest BCUT2D eigenvalue weighted by Crippen LogP contribution is -2.49. The number of ether oxygens (including phenoxy) is 1. The van der Waals surface area contributed by atoms with Crippen molar-refractivity contribution in [2.75, 3.05) is 19.7 Å². The lowest BCUT2D eigenvalue weighted by Gasteiger charge is -2.34. The largest absolute Gasteiger partial charge is 0.481 e. The number of carbonyl (C=O) groups excluding carboxylic acids is 1. The zero-order valence-electron chi connectivity index (χ0n) is 12.8. The minimum atomic E-state index is -0.934. The minimum absolute atomic E-state index is 0.000517. The molecule has 1 unspecified atom stereocenters. The number of benzene rings is 1. The van der Waals surface area contributed by atoms with Crippen LogP contribution in [0, 0.1) is 11.2 Å². The van der Waals surface area contributed by atoms with Crippen molar-refractivity contribution in [2.24, 2.45) is 5.41 Å². The Labute approximate surface area is 134 Å². The van der Waals surface area contributed by atoms with E-state index in [1.54, 1.807) is 23.1 Å². The van der Waals surface area contributed by atoms with Gasteiger partial charge in [0.25, 0.3) is 0 Å². The summed E-state index contributed by atoms with van der Waals surface area (Å²) in [5.41, 5.74) is 0.0431. The third-order valence-corrected chi connectivity index (χ3v) is 4.62. The highest BCUT2D eigenvalue weighted by atomic mass is 19.1. The van der Waals surface area contributed by atoms with E-state index in [2.05, 4.69) is 0 Å². The smallest absolute Gasteiger partial charge is 0.306 e. The molecule has 1 aromatic carbocycles. The van der Waals surface area contributed by atoms with Gasteiger partial charge in [-0.1, -0.05) is 18.2 Å². The van der Waals surface area contributed by atoms with Crippen molar-refractivity contribution >= 4 is 11.9 Å². The molecule has 0 spiro atoms. The number of amides is 1. The Balaban J connectivity index is 1.67. The van der Waals surface area contributed by atoms with Crippen LogP contribution in [0.3, 0.4) is 0 Å². The average molecular weight is 321 g/mol. The Bertz CT molecular complexity index is 614. The number of morpholine rings is 1. The molecule has 3 rings (SSSR count). The van der Waals surface area contributed by atoms with Gasteiger partial charge >= 0.3 is 5.97 Å². The molecule has 1 aliphatic heterocycles. The van der Waals surface area contributed by atoms with Crippen LogP contribution >= 0.6 is 0 Å². The summed E-state index contributed by atoms with van der Waals surface area (Å²) < 4.78 is 19.3. The van der Waals surface area contributed by atoms with Crippen LogP contribution < -0.4 is 0 Å². The zero-order chi connectivity index (χ0) is 16.4. The number of halogens is 1. The van der Waals surface area contributed by atoms with Crippen LogP contribution in [0.1, 0.15) is 24.8 Å². The van der Waals surface area contributed by atoms with Crippen molar-refractivity contribution < 1.29 is 23.8 Å². The Morgan fingerprint density at radius 2 is 2.09 bits per heavy atom. The lowest BCUT2D eigenvalue weighted by molar-refractivity contribution is -0.150. The Kier molecular flexibility index (Phi) is 4.35. The van der Waals surface area contributed by atoms with E-state index in [1.807, 2.05) is 0 Å². The van der Waals surface area contributed by atoms with Crippen molar-refractivity contribution in [2.45, 2.75) is 31.8 Å². The molecule has 0 aromatic heterocycles. The van der Waals surface area contributed by atoms with E-state index in [1.165, 1.54) is 6.07 Å². The SMILES string of the molecule is O=C(O)CC1CN(C(=O)C2(Cc3ccccc3F)CC2)CCO1. The summed E-state index contributed by atoms with van der Waals surface area (Å²) in [6.07, 6.45) is 1.33. The predicted octanol–water partition coefficient (Wildman–Crippen LogP) is 1.85. The zero-order valence-corrected chi connectivity index (χ0v) is 12.8. The van der Waals surface area contributed by atoms with Crippen molar-refractivity contribution in [3.63, 3.8) is 0 Å². The molecule has 1 atom stereocenters. The Hall–Kier alpha value is -1.95. The second-order valence-electron chi connectivity index (χ2n) is 6.39. The fraction of sp³-hybridized carbons (Fsp3) is 0.529. The van der Waals surface area contributed by atoms with Gasteiger partial charge in [0, 0.05) is 13.1 Å². The fourth-order valence-corrected chi connectivity index (χ4v) is 3.18. The molecule has 1 aromatic rings. The second kappa shape index (κ2) is 6.28. The van der Waals surface area contributed by atoms with Crippen LogP contribution in [0.25, 0.3) is 0 Å². The summed E-state index contributed by atoms with van der Waals surface area (Å²) in [6.45, 7) is 1.11. The van der Waals surface area contributed by atoms with E-state index in [4.69, 9.17) is 9.84 Å². The summed E-state index contributed by atoms with van der Waals surface area (Å²) >= 11 is 0. The number of carboxylic acid groups (broad SMARTS) is 1. The number of carboxylic acids is 1. The highest BCUT2D eigenvalue weighted by molar-refractivity contribution is 5.86. The number of carbonyl (C=O) groups is 2. The van der Waals surface area contributed by atoms with Crippen LogP contribution in [-0.2, 0) is 20.7 Å². The predicted molar refractivity (Wildman–Crippen MR) is 80.3 cm³/mol. The molecule has 2 aliphatic rings. The van der Waals surface area contributed by atoms with Gasteiger partial charge in [-0.05, 0) is 30.9 Å². The van der Waals surface area contributed by atoms with E-state index in [0.29, 0.717) is 31.7 Å². The molecule has 1 N–H and O–H groups in total. The molecular formula is C17H20FNO4. The molecule has 1 heterocycles. The van der Waals surface area contributed by atoms with Gasteiger partial charge in [0.15, 0.2) is 0 Å². The fourth-order valence-electron chi connectivity index (χ4n) is 3.18. The minimum Gasteiger partial charge on any atom is -0.481 e. The molecule has 1 saturated carbocycles. The third-order valence-electron chi connectivity index (χ3n) is 4.62. The molecule has 23 heavy (non-hydrogen) atoms. The summed E-state index contributed by atoms with van der Waals surface area (Å²) in [5, 5.41) is 8.86. The van der Waals surface area contributed by atoms with Crippen molar-refractivity contribution in [3.8, 4) is 0 Å². The normalized spacial score (nSPS) is 22.7. The van der Waals surface area contributed by atoms with Crippen LogP contribution in [0.2, 0.25) is 0 Å². The first kappa shape index (κ1) is 15.9.